The minimum Gasteiger partial charge on any atom is -0.416 e. The highest BCUT2D eigenvalue weighted by Gasteiger charge is 2.07. The molecule has 1 aliphatic heterocycles. The van der Waals surface area contributed by atoms with Crippen molar-refractivity contribution in [2.24, 2.45) is 0 Å². The fourth-order valence-electron chi connectivity index (χ4n) is 1.17. The van der Waals surface area contributed by atoms with Crippen LogP contribution in [0, 0.1) is 6.92 Å². The zero-order valence-electron chi connectivity index (χ0n) is 6.87. The van der Waals surface area contributed by atoms with Crippen molar-refractivity contribution >= 4 is 5.57 Å². The third-order valence-corrected chi connectivity index (χ3v) is 1.79. The van der Waals surface area contributed by atoms with Crippen LogP contribution in [-0.4, -0.2) is 11.5 Å². The summed E-state index contributed by atoms with van der Waals surface area (Å²) in [6, 6.07) is 2.09. The molecule has 0 fully saturated rings. The van der Waals surface area contributed by atoms with Crippen molar-refractivity contribution in [3.8, 4) is 0 Å². The fourth-order valence-corrected chi connectivity index (χ4v) is 1.17. The summed E-state index contributed by atoms with van der Waals surface area (Å²) in [6.45, 7) is 2.78. The van der Waals surface area contributed by atoms with Crippen molar-refractivity contribution < 1.29 is 4.84 Å². The molecule has 0 amide bonds. The molecular formula is C9H10N2O. The third kappa shape index (κ3) is 1.31. The second-order valence-electron chi connectivity index (χ2n) is 2.83. The van der Waals surface area contributed by atoms with Crippen molar-refractivity contribution in [1.82, 2.24) is 10.5 Å². The average Bonchev–Trinajstić information content (AvgIpc) is 2.56. The molecule has 1 N–H and O–H groups in total. The molecule has 1 aromatic rings. The van der Waals surface area contributed by atoms with E-state index in [-0.39, 0.29) is 0 Å². The van der Waals surface area contributed by atoms with Crippen LogP contribution in [0.25, 0.3) is 5.57 Å². The van der Waals surface area contributed by atoms with Crippen LogP contribution in [0.5, 0.6) is 0 Å². The molecule has 3 nitrogen and oxygen atoms in total. The number of aryl methyl sites for hydroxylation is 1. The Morgan fingerprint density at radius 2 is 2.42 bits per heavy atom. The van der Waals surface area contributed by atoms with Gasteiger partial charge in [0.25, 0.3) is 0 Å². The Labute approximate surface area is 71.0 Å². The van der Waals surface area contributed by atoms with Crippen LogP contribution in [0.1, 0.15) is 11.1 Å². The Morgan fingerprint density at radius 3 is 3.08 bits per heavy atom. The number of hydrogen-bond donors (Lipinski definition) is 1. The molecule has 0 aromatic carbocycles. The molecule has 0 saturated heterocycles. The van der Waals surface area contributed by atoms with Gasteiger partial charge in [0.15, 0.2) is 0 Å². The van der Waals surface area contributed by atoms with Gasteiger partial charge in [0.2, 0.25) is 0 Å². The topological polar surface area (TPSA) is 34.1 Å². The van der Waals surface area contributed by atoms with Gasteiger partial charge in [0.1, 0.15) is 6.26 Å². The lowest BCUT2D eigenvalue weighted by Gasteiger charge is -1.99. The Balaban J connectivity index is 2.33. The largest absolute Gasteiger partial charge is 0.416 e. The molecule has 1 aliphatic rings. The summed E-state index contributed by atoms with van der Waals surface area (Å²) in [5.74, 6) is 0. The van der Waals surface area contributed by atoms with Gasteiger partial charge < -0.3 is 4.84 Å². The predicted molar refractivity (Wildman–Crippen MR) is 46.0 cm³/mol. The number of nitrogens with one attached hydrogen (secondary N) is 1. The normalized spacial score (nSPS) is 15.6. The van der Waals surface area contributed by atoms with Crippen molar-refractivity contribution in [2.75, 3.05) is 6.54 Å². The molecule has 2 heterocycles. The Bertz CT molecular complexity index is 320. The van der Waals surface area contributed by atoms with Gasteiger partial charge in [-0.2, -0.15) is 5.48 Å². The lowest BCUT2D eigenvalue weighted by Crippen LogP contribution is -2.05. The van der Waals surface area contributed by atoms with E-state index in [1.165, 1.54) is 5.56 Å². The quantitative estimate of drug-likeness (QED) is 0.675. The van der Waals surface area contributed by atoms with Crippen molar-refractivity contribution in [3.63, 3.8) is 0 Å². The summed E-state index contributed by atoms with van der Waals surface area (Å²) in [5, 5.41) is 0. The average molecular weight is 162 g/mol. The number of aromatic nitrogens is 1. The van der Waals surface area contributed by atoms with Crippen LogP contribution in [-0.2, 0) is 4.84 Å². The number of pyridine rings is 1. The Kier molecular flexibility index (Phi) is 1.80. The lowest BCUT2D eigenvalue weighted by molar-refractivity contribution is 0.168. The van der Waals surface area contributed by atoms with E-state index in [4.69, 9.17) is 4.84 Å². The van der Waals surface area contributed by atoms with Gasteiger partial charge in [-0.05, 0) is 18.6 Å². The Morgan fingerprint density at radius 1 is 1.50 bits per heavy atom. The van der Waals surface area contributed by atoms with Gasteiger partial charge >= 0.3 is 0 Å². The summed E-state index contributed by atoms with van der Waals surface area (Å²) in [4.78, 5) is 9.02. The van der Waals surface area contributed by atoms with Crippen LogP contribution in [0.2, 0.25) is 0 Å². The van der Waals surface area contributed by atoms with Crippen LogP contribution in [0.3, 0.4) is 0 Å². The van der Waals surface area contributed by atoms with Crippen molar-refractivity contribution in [2.45, 2.75) is 6.92 Å². The minimum atomic E-state index is 0.755. The van der Waals surface area contributed by atoms with E-state index in [9.17, 15) is 0 Å². The first kappa shape index (κ1) is 7.31. The van der Waals surface area contributed by atoms with Crippen LogP contribution in [0.4, 0.5) is 0 Å². The number of rotatable bonds is 1. The van der Waals surface area contributed by atoms with E-state index in [1.54, 1.807) is 6.26 Å². The minimum absolute atomic E-state index is 0.755. The number of hydrogen-bond acceptors (Lipinski definition) is 3. The molecule has 0 radical (unpaired) electrons. The number of nitrogens with zero attached hydrogens (tertiary/aromatic N) is 1. The summed E-state index contributed by atoms with van der Waals surface area (Å²) >= 11 is 0. The zero-order valence-corrected chi connectivity index (χ0v) is 6.87. The standard InChI is InChI=1S/C9H10N2O/c1-7-2-8(4-10-3-7)9-5-11-12-6-9/h2-4,6,11H,5H2,1H3. The summed E-state index contributed by atoms with van der Waals surface area (Å²) in [7, 11) is 0. The van der Waals surface area contributed by atoms with Gasteiger partial charge in [-0.1, -0.05) is 0 Å². The second kappa shape index (κ2) is 2.95. The van der Waals surface area contributed by atoms with E-state index in [0.717, 1.165) is 17.7 Å². The van der Waals surface area contributed by atoms with Crippen molar-refractivity contribution in [3.05, 3.63) is 35.8 Å². The maximum absolute atomic E-state index is 4.91. The first-order valence-corrected chi connectivity index (χ1v) is 3.86. The molecule has 0 unspecified atom stereocenters. The molecular weight excluding hydrogens is 152 g/mol. The number of hydroxylamine groups is 1. The maximum Gasteiger partial charge on any atom is 0.116 e. The summed E-state index contributed by atoms with van der Waals surface area (Å²) in [6.07, 6.45) is 5.40. The molecule has 2 rings (SSSR count). The first-order chi connectivity index (χ1) is 5.86. The van der Waals surface area contributed by atoms with Crippen molar-refractivity contribution in [1.29, 1.82) is 0 Å². The van der Waals surface area contributed by atoms with Crippen LogP contribution in [0.15, 0.2) is 24.7 Å². The first-order valence-electron chi connectivity index (χ1n) is 3.86. The highest BCUT2D eigenvalue weighted by Crippen LogP contribution is 2.16. The molecule has 12 heavy (non-hydrogen) atoms. The van der Waals surface area contributed by atoms with Gasteiger partial charge in [-0.25, -0.2) is 0 Å². The van der Waals surface area contributed by atoms with E-state index < -0.39 is 0 Å². The van der Waals surface area contributed by atoms with Crippen LogP contribution >= 0.6 is 0 Å². The summed E-state index contributed by atoms with van der Waals surface area (Å²) in [5.41, 5.74) is 6.21. The fraction of sp³-hybridized carbons (Fsp3) is 0.222. The smallest absolute Gasteiger partial charge is 0.116 e. The molecule has 0 aliphatic carbocycles. The van der Waals surface area contributed by atoms with E-state index in [0.29, 0.717) is 0 Å². The van der Waals surface area contributed by atoms with Gasteiger partial charge in [-0.3, -0.25) is 4.98 Å². The van der Waals surface area contributed by atoms with Gasteiger partial charge in [0, 0.05) is 23.5 Å². The predicted octanol–water partition coefficient (Wildman–Crippen LogP) is 1.27. The molecule has 1 aromatic heterocycles. The van der Waals surface area contributed by atoms with E-state index in [1.807, 2.05) is 19.3 Å². The molecule has 0 saturated carbocycles. The molecule has 0 atom stereocenters. The lowest BCUT2D eigenvalue weighted by atomic mass is 10.1. The van der Waals surface area contributed by atoms with E-state index in [2.05, 4.69) is 16.5 Å². The molecule has 0 spiro atoms. The highest BCUT2D eigenvalue weighted by molar-refractivity contribution is 5.66. The zero-order chi connectivity index (χ0) is 8.39. The monoisotopic (exact) mass is 162 g/mol. The third-order valence-electron chi connectivity index (χ3n) is 1.79. The van der Waals surface area contributed by atoms with Gasteiger partial charge in [0.05, 0.1) is 6.54 Å². The SMILES string of the molecule is Cc1cncc(C2=CONC2)c1. The maximum atomic E-state index is 4.91. The second-order valence-corrected chi connectivity index (χ2v) is 2.83. The molecule has 3 heteroatoms. The van der Waals surface area contributed by atoms with Crippen LogP contribution < -0.4 is 5.48 Å². The van der Waals surface area contributed by atoms with E-state index >= 15 is 0 Å². The molecule has 62 valence electrons. The molecule has 0 bridgehead atoms. The highest BCUT2D eigenvalue weighted by atomic mass is 16.6. The van der Waals surface area contributed by atoms with Gasteiger partial charge in [-0.15, -0.1) is 0 Å². The summed E-state index contributed by atoms with van der Waals surface area (Å²) < 4.78 is 0. The Hall–Kier alpha value is -1.35.